The van der Waals surface area contributed by atoms with Crippen LogP contribution in [-0.2, 0) is 14.3 Å². The third kappa shape index (κ3) is 30.0. The first-order valence-corrected chi connectivity index (χ1v) is 24.7. The van der Waals surface area contributed by atoms with Crippen LogP contribution in [0.4, 0.5) is 0 Å². The fourth-order valence-corrected chi connectivity index (χ4v) is 8.22. The Morgan fingerprint density at radius 1 is 0.526 bits per heavy atom. The van der Waals surface area contributed by atoms with Crippen LogP contribution >= 0.6 is 0 Å². The molecule has 1 rings (SSSR count). The molecule has 0 aromatic heterocycles. The van der Waals surface area contributed by atoms with Crippen LogP contribution in [0.1, 0.15) is 245 Å². The Morgan fingerprint density at radius 2 is 0.877 bits per heavy atom. The summed E-state index contributed by atoms with van der Waals surface area (Å²) >= 11 is 0. The highest BCUT2D eigenvalue weighted by Gasteiger charge is 2.44. The van der Waals surface area contributed by atoms with Gasteiger partial charge in [-0.2, -0.15) is 0 Å². The van der Waals surface area contributed by atoms with Crippen LogP contribution in [0.5, 0.6) is 0 Å². The van der Waals surface area contributed by atoms with Crippen molar-refractivity contribution in [1.82, 2.24) is 5.32 Å². The molecule has 0 aromatic rings. The summed E-state index contributed by atoms with van der Waals surface area (Å²) < 4.78 is 11.2. The van der Waals surface area contributed by atoms with Crippen LogP contribution < -0.4 is 5.32 Å². The molecule has 6 N–H and O–H groups in total. The molecule has 0 saturated carbocycles. The van der Waals surface area contributed by atoms with Gasteiger partial charge in [-0.1, -0.05) is 226 Å². The summed E-state index contributed by atoms with van der Waals surface area (Å²) in [5.41, 5.74) is 0. The van der Waals surface area contributed by atoms with Crippen LogP contribution in [0.25, 0.3) is 0 Å². The molecule has 1 fully saturated rings. The fraction of sp³-hybridized carbons (Fsp3) is 0.979. The van der Waals surface area contributed by atoms with Crippen molar-refractivity contribution < 1.29 is 39.8 Å². The first-order valence-electron chi connectivity index (χ1n) is 24.7. The molecule has 57 heavy (non-hydrogen) atoms. The molecule has 7 unspecified atom stereocenters. The number of hydrogen-bond donors (Lipinski definition) is 6. The Kier molecular flexibility index (Phi) is 37.4. The second-order valence-corrected chi connectivity index (χ2v) is 17.6. The summed E-state index contributed by atoms with van der Waals surface area (Å²) in [6.45, 7) is 3.73. The summed E-state index contributed by atoms with van der Waals surface area (Å²) in [5.74, 6) is -0.159. The molecule has 1 heterocycles. The normalized spacial score (nSPS) is 20.9. The molecule has 0 aromatic carbocycles. The number of nitrogens with one attached hydrogen (secondary N) is 1. The van der Waals surface area contributed by atoms with Crippen LogP contribution in [0.3, 0.4) is 0 Å². The molecule has 340 valence electrons. The number of carbonyl (C=O) groups is 1. The Hall–Kier alpha value is -0.810. The molecule has 1 saturated heterocycles. The zero-order valence-electron chi connectivity index (χ0n) is 37.4. The number of unbranched alkanes of at least 4 members (excludes halogenated alkanes) is 32. The zero-order chi connectivity index (χ0) is 41.6. The maximum atomic E-state index is 12.7. The summed E-state index contributed by atoms with van der Waals surface area (Å²) in [7, 11) is 0. The number of hydrogen-bond acceptors (Lipinski definition) is 8. The highest BCUT2D eigenvalue weighted by molar-refractivity contribution is 5.76. The molecule has 0 bridgehead atoms. The van der Waals surface area contributed by atoms with Crippen LogP contribution in [0.2, 0.25) is 0 Å². The van der Waals surface area contributed by atoms with Crippen molar-refractivity contribution in [2.45, 2.75) is 288 Å². The van der Waals surface area contributed by atoms with Gasteiger partial charge in [0, 0.05) is 6.42 Å². The lowest BCUT2D eigenvalue weighted by atomic mass is 9.99. The van der Waals surface area contributed by atoms with Gasteiger partial charge in [-0.05, 0) is 12.8 Å². The Labute approximate surface area is 351 Å². The minimum Gasteiger partial charge on any atom is -0.394 e. The van der Waals surface area contributed by atoms with Gasteiger partial charge in [0.15, 0.2) is 6.29 Å². The maximum Gasteiger partial charge on any atom is 0.220 e. The Morgan fingerprint density at radius 3 is 1.25 bits per heavy atom. The van der Waals surface area contributed by atoms with Crippen molar-refractivity contribution in [2.24, 2.45) is 0 Å². The average molecular weight is 814 g/mol. The van der Waals surface area contributed by atoms with Gasteiger partial charge in [-0.3, -0.25) is 4.79 Å². The minimum absolute atomic E-state index is 0.135. The zero-order valence-corrected chi connectivity index (χ0v) is 37.4. The van der Waals surface area contributed by atoms with Gasteiger partial charge in [-0.25, -0.2) is 0 Å². The molecule has 1 amide bonds. The molecule has 9 nitrogen and oxygen atoms in total. The number of rotatable bonds is 42. The summed E-state index contributed by atoms with van der Waals surface area (Å²) in [6.07, 6.45) is 37.9. The summed E-state index contributed by atoms with van der Waals surface area (Å²) in [4.78, 5) is 12.7. The van der Waals surface area contributed by atoms with Gasteiger partial charge >= 0.3 is 0 Å². The van der Waals surface area contributed by atoms with Gasteiger partial charge < -0.3 is 40.3 Å². The second-order valence-electron chi connectivity index (χ2n) is 17.6. The van der Waals surface area contributed by atoms with E-state index >= 15 is 0 Å². The predicted octanol–water partition coefficient (Wildman–Crippen LogP) is 10.7. The largest absolute Gasteiger partial charge is 0.394 e. The van der Waals surface area contributed by atoms with Crippen molar-refractivity contribution in [3.8, 4) is 0 Å². The van der Waals surface area contributed by atoms with Gasteiger partial charge in [-0.15, -0.1) is 0 Å². The number of aliphatic hydroxyl groups excluding tert-OH is 5. The first kappa shape index (κ1) is 54.2. The average Bonchev–Trinajstić information content (AvgIpc) is 3.21. The van der Waals surface area contributed by atoms with Crippen molar-refractivity contribution in [1.29, 1.82) is 0 Å². The minimum atomic E-state index is -1.55. The van der Waals surface area contributed by atoms with Crippen molar-refractivity contribution in [3.05, 3.63) is 0 Å². The number of aliphatic hydroxyl groups is 5. The van der Waals surface area contributed by atoms with E-state index in [1.165, 1.54) is 173 Å². The molecule has 0 aliphatic carbocycles. The van der Waals surface area contributed by atoms with Crippen molar-refractivity contribution >= 4 is 5.91 Å². The lowest BCUT2D eigenvalue weighted by Gasteiger charge is -2.40. The summed E-state index contributed by atoms with van der Waals surface area (Å²) in [6, 6.07) is -0.709. The van der Waals surface area contributed by atoms with Gasteiger partial charge in [0.2, 0.25) is 5.91 Å². The van der Waals surface area contributed by atoms with Crippen molar-refractivity contribution in [2.75, 3.05) is 13.2 Å². The lowest BCUT2D eigenvalue weighted by Crippen LogP contribution is -2.60. The third-order valence-corrected chi connectivity index (χ3v) is 12.2. The van der Waals surface area contributed by atoms with Crippen LogP contribution in [0, 0.1) is 0 Å². The van der Waals surface area contributed by atoms with E-state index in [9.17, 15) is 30.3 Å². The molecular formula is C48H95NO8. The van der Waals surface area contributed by atoms with Crippen LogP contribution in [-0.4, -0.2) is 87.5 Å². The van der Waals surface area contributed by atoms with E-state index in [4.69, 9.17) is 9.47 Å². The van der Waals surface area contributed by atoms with Gasteiger partial charge in [0.1, 0.15) is 24.4 Å². The Bertz CT molecular complexity index is 862. The van der Waals surface area contributed by atoms with E-state index < -0.39 is 49.5 Å². The molecule has 0 radical (unpaired) electrons. The molecule has 7 atom stereocenters. The van der Waals surface area contributed by atoms with E-state index in [2.05, 4.69) is 19.2 Å². The third-order valence-electron chi connectivity index (χ3n) is 12.2. The van der Waals surface area contributed by atoms with E-state index in [0.717, 1.165) is 44.9 Å². The van der Waals surface area contributed by atoms with Crippen LogP contribution in [0.15, 0.2) is 0 Å². The first-order chi connectivity index (χ1) is 27.8. The highest BCUT2D eigenvalue weighted by atomic mass is 16.7. The monoisotopic (exact) mass is 814 g/mol. The lowest BCUT2D eigenvalue weighted by molar-refractivity contribution is -0.302. The predicted molar refractivity (Wildman–Crippen MR) is 235 cm³/mol. The van der Waals surface area contributed by atoms with E-state index in [1.54, 1.807) is 0 Å². The topological polar surface area (TPSA) is 149 Å². The maximum absolute atomic E-state index is 12.7. The Balaban J connectivity index is 2.01. The van der Waals surface area contributed by atoms with E-state index in [1.807, 2.05) is 0 Å². The number of carbonyl (C=O) groups excluding carboxylic acids is 1. The molecule has 1 aliphatic rings. The molecule has 1 aliphatic heterocycles. The molecule has 9 heteroatoms. The number of ether oxygens (including phenoxy) is 2. The van der Waals surface area contributed by atoms with E-state index in [-0.39, 0.29) is 12.5 Å². The molecular weight excluding hydrogens is 719 g/mol. The summed E-state index contributed by atoms with van der Waals surface area (Å²) in [5, 5.41) is 53.9. The number of amides is 1. The fourth-order valence-electron chi connectivity index (χ4n) is 8.22. The highest BCUT2D eigenvalue weighted by Crippen LogP contribution is 2.23. The SMILES string of the molecule is CCCCCCCCCCCCCCCCCCCCCCCCCCCCCCCCC(O)C(COC1OC(CO)C(O)C(O)C1O)NC(=O)CCCCCC. The van der Waals surface area contributed by atoms with Crippen molar-refractivity contribution in [3.63, 3.8) is 0 Å². The second kappa shape index (κ2) is 39.3. The van der Waals surface area contributed by atoms with E-state index in [0.29, 0.717) is 12.8 Å². The van der Waals surface area contributed by atoms with Gasteiger partial charge in [0.05, 0.1) is 25.4 Å². The quantitative estimate of drug-likeness (QED) is 0.0334. The van der Waals surface area contributed by atoms with Gasteiger partial charge in [0.25, 0.3) is 0 Å². The smallest absolute Gasteiger partial charge is 0.220 e. The molecule has 0 spiro atoms. The standard InChI is InChI=1S/C48H95NO8/c1-3-5-7-9-10-11-12-13-14-15-16-17-18-19-20-21-22-23-24-25-26-27-28-29-30-31-32-33-34-35-37-42(51)41(49-44(52)38-36-8-6-4-2)40-56-48-47(55)46(54)45(53)43(39-50)57-48/h41-43,45-48,50-51,53-55H,3-40H2,1-2H3,(H,49,52).